The Kier molecular flexibility index (Phi) is 4.81. The molecule has 1 amide bonds. The molecule has 1 atom stereocenters. The van der Waals surface area contributed by atoms with E-state index in [0.29, 0.717) is 5.69 Å². The van der Waals surface area contributed by atoms with E-state index in [9.17, 15) is 9.90 Å². The molecular formula is C19H23N3O2. The van der Waals surface area contributed by atoms with Gasteiger partial charge >= 0.3 is 0 Å². The van der Waals surface area contributed by atoms with Gasteiger partial charge in [0.1, 0.15) is 5.82 Å². The molecule has 2 N–H and O–H groups in total. The summed E-state index contributed by atoms with van der Waals surface area (Å²) in [7, 11) is 0. The van der Waals surface area contributed by atoms with Crippen molar-refractivity contribution in [2.24, 2.45) is 0 Å². The highest BCUT2D eigenvalue weighted by Gasteiger charge is 2.26. The van der Waals surface area contributed by atoms with Crippen LogP contribution in [0.2, 0.25) is 0 Å². The summed E-state index contributed by atoms with van der Waals surface area (Å²) < 4.78 is 0. The molecule has 1 aromatic heterocycles. The van der Waals surface area contributed by atoms with Gasteiger partial charge in [-0.3, -0.25) is 4.79 Å². The molecule has 5 nitrogen and oxygen atoms in total. The molecule has 0 radical (unpaired) electrons. The number of pyridine rings is 1. The number of carbonyl (C=O) groups excluding carboxylic acids is 1. The monoisotopic (exact) mass is 325 g/mol. The van der Waals surface area contributed by atoms with Crippen LogP contribution in [-0.4, -0.2) is 29.1 Å². The molecule has 1 saturated heterocycles. The molecule has 1 aliphatic rings. The van der Waals surface area contributed by atoms with Crippen LogP contribution < -0.4 is 10.2 Å². The second kappa shape index (κ2) is 7.01. The van der Waals surface area contributed by atoms with E-state index in [-0.39, 0.29) is 12.3 Å². The predicted octanol–water partition coefficient (Wildman–Crippen LogP) is 2.92. The first-order chi connectivity index (χ1) is 11.5. The number of aliphatic hydroxyl groups is 1. The Morgan fingerprint density at radius 3 is 2.54 bits per heavy atom. The van der Waals surface area contributed by atoms with Gasteiger partial charge in [-0.05, 0) is 37.5 Å². The minimum atomic E-state index is -1.20. The second-order valence-corrected chi connectivity index (χ2v) is 6.46. The van der Waals surface area contributed by atoms with Crippen molar-refractivity contribution in [1.82, 2.24) is 4.98 Å². The molecular weight excluding hydrogens is 302 g/mol. The molecule has 1 aliphatic heterocycles. The van der Waals surface area contributed by atoms with E-state index < -0.39 is 5.60 Å². The lowest BCUT2D eigenvalue weighted by Crippen LogP contribution is -2.28. The largest absolute Gasteiger partial charge is 0.385 e. The molecule has 126 valence electrons. The van der Waals surface area contributed by atoms with Crippen LogP contribution in [0.5, 0.6) is 0 Å². The lowest BCUT2D eigenvalue weighted by atomic mass is 9.92. The third-order valence-corrected chi connectivity index (χ3v) is 4.36. The smallest absolute Gasteiger partial charge is 0.227 e. The molecule has 5 heteroatoms. The Labute approximate surface area is 142 Å². The number of hydrogen-bond donors (Lipinski definition) is 2. The molecule has 1 fully saturated rings. The molecule has 0 aliphatic carbocycles. The molecule has 0 spiro atoms. The Morgan fingerprint density at radius 1 is 1.21 bits per heavy atom. The van der Waals surface area contributed by atoms with Crippen LogP contribution >= 0.6 is 0 Å². The fourth-order valence-corrected chi connectivity index (χ4v) is 3.01. The van der Waals surface area contributed by atoms with E-state index >= 15 is 0 Å². The Hall–Kier alpha value is -2.40. The predicted molar refractivity (Wildman–Crippen MR) is 94.9 cm³/mol. The zero-order valence-corrected chi connectivity index (χ0v) is 13.9. The fraction of sp³-hybridized carbons (Fsp3) is 0.368. The van der Waals surface area contributed by atoms with Crippen molar-refractivity contribution in [2.45, 2.75) is 31.8 Å². The van der Waals surface area contributed by atoms with Gasteiger partial charge in [-0.1, -0.05) is 30.3 Å². The molecule has 0 saturated carbocycles. The number of benzene rings is 1. The van der Waals surface area contributed by atoms with Crippen molar-refractivity contribution in [1.29, 1.82) is 0 Å². The normalized spacial score (nSPS) is 16.7. The second-order valence-electron chi connectivity index (χ2n) is 6.46. The van der Waals surface area contributed by atoms with Gasteiger partial charge < -0.3 is 15.3 Å². The van der Waals surface area contributed by atoms with E-state index in [1.807, 2.05) is 42.5 Å². The number of rotatable bonds is 5. The fourth-order valence-electron chi connectivity index (χ4n) is 3.01. The van der Waals surface area contributed by atoms with Gasteiger partial charge in [0.05, 0.1) is 23.9 Å². The van der Waals surface area contributed by atoms with Gasteiger partial charge in [0.15, 0.2) is 0 Å². The Morgan fingerprint density at radius 2 is 1.92 bits per heavy atom. The average Bonchev–Trinajstić information content (AvgIpc) is 3.10. The molecule has 3 rings (SSSR count). The van der Waals surface area contributed by atoms with Crippen molar-refractivity contribution >= 4 is 17.4 Å². The van der Waals surface area contributed by atoms with Crippen LogP contribution in [0.4, 0.5) is 11.5 Å². The summed E-state index contributed by atoms with van der Waals surface area (Å²) in [6, 6.07) is 13.0. The molecule has 24 heavy (non-hydrogen) atoms. The zero-order chi connectivity index (χ0) is 17.0. The summed E-state index contributed by atoms with van der Waals surface area (Å²) in [6.07, 6.45) is 4.07. The zero-order valence-electron chi connectivity index (χ0n) is 13.9. The van der Waals surface area contributed by atoms with Crippen molar-refractivity contribution in [3.63, 3.8) is 0 Å². The van der Waals surface area contributed by atoms with Crippen molar-refractivity contribution in [3.05, 3.63) is 54.2 Å². The van der Waals surface area contributed by atoms with E-state index in [0.717, 1.165) is 24.5 Å². The lowest BCUT2D eigenvalue weighted by molar-refractivity contribution is -0.120. The van der Waals surface area contributed by atoms with Crippen molar-refractivity contribution in [3.8, 4) is 0 Å². The van der Waals surface area contributed by atoms with Crippen LogP contribution in [0.15, 0.2) is 48.7 Å². The lowest BCUT2D eigenvalue weighted by Gasteiger charge is -2.23. The highest BCUT2D eigenvalue weighted by molar-refractivity contribution is 5.91. The minimum Gasteiger partial charge on any atom is -0.385 e. The molecule has 0 bridgehead atoms. The highest BCUT2D eigenvalue weighted by Crippen LogP contribution is 2.25. The number of carbonyl (C=O) groups is 1. The highest BCUT2D eigenvalue weighted by atomic mass is 16.3. The van der Waals surface area contributed by atoms with Crippen LogP contribution in [0.1, 0.15) is 31.7 Å². The van der Waals surface area contributed by atoms with Gasteiger partial charge in [0.2, 0.25) is 5.91 Å². The van der Waals surface area contributed by atoms with E-state index in [2.05, 4.69) is 15.2 Å². The van der Waals surface area contributed by atoms with Crippen LogP contribution in [0.25, 0.3) is 0 Å². The van der Waals surface area contributed by atoms with Crippen molar-refractivity contribution < 1.29 is 9.90 Å². The summed E-state index contributed by atoms with van der Waals surface area (Å²) in [5.74, 6) is 0.710. The number of anilines is 2. The van der Waals surface area contributed by atoms with Gasteiger partial charge in [0.25, 0.3) is 0 Å². The summed E-state index contributed by atoms with van der Waals surface area (Å²) in [4.78, 5) is 18.9. The molecule has 1 unspecified atom stereocenters. The van der Waals surface area contributed by atoms with Gasteiger partial charge in [-0.2, -0.15) is 0 Å². The van der Waals surface area contributed by atoms with Gasteiger partial charge in [-0.15, -0.1) is 0 Å². The summed E-state index contributed by atoms with van der Waals surface area (Å²) in [5.41, 5.74) is 0.170. The first-order valence-electron chi connectivity index (χ1n) is 8.33. The number of nitrogens with one attached hydrogen (secondary N) is 1. The van der Waals surface area contributed by atoms with E-state index in [1.165, 1.54) is 12.8 Å². The number of aromatic nitrogens is 1. The topological polar surface area (TPSA) is 65.5 Å². The first-order valence-corrected chi connectivity index (χ1v) is 8.33. The Balaban J connectivity index is 1.60. The quantitative estimate of drug-likeness (QED) is 0.887. The van der Waals surface area contributed by atoms with Gasteiger partial charge in [0, 0.05) is 13.1 Å². The Bertz CT molecular complexity index is 678. The van der Waals surface area contributed by atoms with Crippen LogP contribution in [0, 0.1) is 0 Å². The molecule has 1 aromatic carbocycles. The molecule has 2 heterocycles. The summed E-state index contributed by atoms with van der Waals surface area (Å²) in [6.45, 7) is 3.73. The summed E-state index contributed by atoms with van der Waals surface area (Å²) in [5, 5.41) is 13.3. The van der Waals surface area contributed by atoms with Crippen LogP contribution in [-0.2, 0) is 10.4 Å². The maximum Gasteiger partial charge on any atom is 0.227 e. The third kappa shape index (κ3) is 3.92. The molecule has 2 aromatic rings. The maximum atomic E-state index is 12.2. The number of nitrogens with zero attached hydrogens (tertiary/aromatic N) is 2. The van der Waals surface area contributed by atoms with Gasteiger partial charge in [-0.25, -0.2) is 4.98 Å². The minimum absolute atomic E-state index is 0.00904. The standard InChI is InChI=1S/C19H23N3O2/c1-19(24,15-7-3-2-4-8-15)13-18(23)21-16-9-10-17(20-14-16)22-11-5-6-12-22/h2-4,7-10,14,24H,5-6,11-13H2,1H3,(H,21,23). The number of amides is 1. The van der Waals surface area contributed by atoms with E-state index in [4.69, 9.17) is 0 Å². The van der Waals surface area contributed by atoms with E-state index in [1.54, 1.807) is 13.1 Å². The summed E-state index contributed by atoms with van der Waals surface area (Å²) >= 11 is 0. The maximum absolute atomic E-state index is 12.2. The third-order valence-electron chi connectivity index (χ3n) is 4.36. The SMILES string of the molecule is CC(O)(CC(=O)Nc1ccc(N2CCCC2)nc1)c1ccccc1. The first kappa shape index (κ1) is 16.5. The van der Waals surface area contributed by atoms with Crippen molar-refractivity contribution in [2.75, 3.05) is 23.3 Å². The number of hydrogen-bond acceptors (Lipinski definition) is 4. The average molecular weight is 325 g/mol. The van der Waals surface area contributed by atoms with Crippen LogP contribution in [0.3, 0.4) is 0 Å².